The van der Waals surface area contributed by atoms with E-state index in [1.54, 1.807) is 43.9 Å². The molecule has 0 saturated heterocycles. The van der Waals surface area contributed by atoms with E-state index >= 15 is 0 Å². The van der Waals surface area contributed by atoms with Crippen LogP contribution >= 0.6 is 11.6 Å². The first kappa shape index (κ1) is 24.9. The molecule has 0 aliphatic heterocycles. The molecule has 12 heteroatoms. The number of sulfonamides is 1. The van der Waals surface area contributed by atoms with Crippen LogP contribution in [0.5, 0.6) is 5.75 Å². The highest BCUT2D eigenvalue weighted by molar-refractivity contribution is 7.89. The van der Waals surface area contributed by atoms with Crippen molar-refractivity contribution < 1.29 is 17.6 Å². The second-order valence-electron chi connectivity index (χ2n) is 8.76. The third-order valence-electron chi connectivity index (χ3n) is 5.90. The number of fused-ring (bicyclic) bond motifs is 2. The van der Waals surface area contributed by atoms with Crippen LogP contribution in [0.3, 0.4) is 0 Å². The Hall–Kier alpha value is -3.80. The molecule has 5 aromatic rings. The Morgan fingerprint density at radius 2 is 1.86 bits per heavy atom. The minimum atomic E-state index is -4.21. The molecule has 0 aliphatic rings. The molecule has 0 bridgehead atoms. The highest BCUT2D eigenvalue weighted by Crippen LogP contribution is 2.34. The van der Waals surface area contributed by atoms with Gasteiger partial charge in [0.1, 0.15) is 33.6 Å². The molecule has 1 aromatic carbocycles. The molecule has 1 unspecified atom stereocenters. The van der Waals surface area contributed by atoms with Crippen LogP contribution in [-0.2, 0) is 17.1 Å². The maximum Gasteiger partial charge on any atom is 0.259 e. The van der Waals surface area contributed by atoms with Gasteiger partial charge in [-0.2, -0.15) is 5.10 Å². The lowest BCUT2D eigenvalue weighted by atomic mass is 10.0. The van der Waals surface area contributed by atoms with Crippen LogP contribution < -0.4 is 15.3 Å². The van der Waals surface area contributed by atoms with Gasteiger partial charge in [-0.25, -0.2) is 23.5 Å². The standard InChI is InChI=1S/C25H22ClN5O5S/c1-12-9-15(14(3)35-20-7-8-21(26)29-25(20)37(27,33)34)24-16(10-12)22(32)13(2)23(36-24)18-6-5-17-19(28-18)11-31(4)30-17/h5-11,14H,1-4H3,(H2,27,33,34). The summed E-state index contributed by atoms with van der Waals surface area (Å²) in [4.78, 5) is 21.9. The summed E-state index contributed by atoms with van der Waals surface area (Å²) in [5.41, 5.74) is 3.69. The summed E-state index contributed by atoms with van der Waals surface area (Å²) in [6.07, 6.45) is 1.03. The average Bonchev–Trinajstić information content (AvgIpc) is 3.20. The van der Waals surface area contributed by atoms with E-state index in [9.17, 15) is 13.2 Å². The van der Waals surface area contributed by atoms with E-state index in [0.717, 1.165) is 5.56 Å². The Labute approximate surface area is 216 Å². The number of nitrogens with two attached hydrogens (primary N) is 1. The van der Waals surface area contributed by atoms with Crippen LogP contribution in [0.25, 0.3) is 33.5 Å². The number of nitrogens with zero attached hydrogens (tertiary/aromatic N) is 4. The van der Waals surface area contributed by atoms with Crippen molar-refractivity contribution in [2.24, 2.45) is 12.2 Å². The zero-order valence-electron chi connectivity index (χ0n) is 20.3. The molecule has 1 atom stereocenters. The summed E-state index contributed by atoms with van der Waals surface area (Å²) in [5, 5.41) is 9.48. The van der Waals surface area contributed by atoms with Gasteiger partial charge in [0.25, 0.3) is 10.0 Å². The zero-order valence-corrected chi connectivity index (χ0v) is 21.9. The number of aryl methyl sites for hydroxylation is 2. The van der Waals surface area contributed by atoms with E-state index in [0.29, 0.717) is 44.6 Å². The molecule has 190 valence electrons. The first-order chi connectivity index (χ1) is 17.4. The number of hydrogen-bond donors (Lipinski definition) is 1. The lowest BCUT2D eigenvalue weighted by Gasteiger charge is -2.19. The third kappa shape index (κ3) is 4.57. The molecule has 0 radical (unpaired) electrons. The topological polar surface area (TPSA) is 143 Å². The largest absolute Gasteiger partial charge is 0.483 e. The summed E-state index contributed by atoms with van der Waals surface area (Å²) in [7, 11) is -2.41. The van der Waals surface area contributed by atoms with Crippen LogP contribution in [0.1, 0.15) is 29.7 Å². The van der Waals surface area contributed by atoms with Crippen molar-refractivity contribution in [1.29, 1.82) is 0 Å². The first-order valence-corrected chi connectivity index (χ1v) is 13.1. The number of benzene rings is 1. The molecule has 5 rings (SSSR count). The van der Waals surface area contributed by atoms with Gasteiger partial charge in [0.15, 0.2) is 16.9 Å². The molecule has 4 heterocycles. The minimum Gasteiger partial charge on any atom is -0.483 e. The second-order valence-corrected chi connectivity index (χ2v) is 10.6. The van der Waals surface area contributed by atoms with Gasteiger partial charge < -0.3 is 9.15 Å². The van der Waals surface area contributed by atoms with Gasteiger partial charge in [-0.15, -0.1) is 0 Å². The summed E-state index contributed by atoms with van der Waals surface area (Å²) < 4.78 is 38.1. The quantitative estimate of drug-likeness (QED) is 0.327. The van der Waals surface area contributed by atoms with E-state index in [1.807, 2.05) is 19.1 Å². The highest BCUT2D eigenvalue weighted by atomic mass is 35.5. The molecule has 2 N–H and O–H groups in total. The Bertz CT molecular complexity index is 1880. The number of ether oxygens (including phenoxy) is 1. The average molecular weight is 540 g/mol. The number of aromatic nitrogens is 4. The van der Waals surface area contributed by atoms with Crippen LogP contribution in [0.4, 0.5) is 0 Å². The van der Waals surface area contributed by atoms with Gasteiger partial charge in [0, 0.05) is 18.2 Å². The third-order valence-corrected chi connectivity index (χ3v) is 6.95. The molecule has 0 amide bonds. The van der Waals surface area contributed by atoms with Crippen LogP contribution in [0.2, 0.25) is 5.15 Å². The minimum absolute atomic E-state index is 0.0470. The van der Waals surface area contributed by atoms with Crippen molar-refractivity contribution >= 4 is 43.6 Å². The van der Waals surface area contributed by atoms with Gasteiger partial charge >= 0.3 is 0 Å². The van der Waals surface area contributed by atoms with E-state index in [1.165, 1.54) is 12.1 Å². The molecule has 0 aliphatic carbocycles. The van der Waals surface area contributed by atoms with Gasteiger partial charge in [0.05, 0.1) is 11.6 Å². The van der Waals surface area contributed by atoms with Gasteiger partial charge in [-0.05, 0) is 62.7 Å². The molecule has 10 nitrogen and oxygen atoms in total. The van der Waals surface area contributed by atoms with Crippen LogP contribution in [-0.4, -0.2) is 28.2 Å². The summed E-state index contributed by atoms with van der Waals surface area (Å²) in [6.45, 7) is 5.24. The predicted molar refractivity (Wildman–Crippen MR) is 139 cm³/mol. The Balaban J connectivity index is 1.68. The fourth-order valence-corrected chi connectivity index (χ4v) is 5.04. The summed E-state index contributed by atoms with van der Waals surface area (Å²) >= 11 is 5.87. The Morgan fingerprint density at radius 3 is 2.59 bits per heavy atom. The maximum absolute atomic E-state index is 13.4. The van der Waals surface area contributed by atoms with Crippen LogP contribution in [0, 0.1) is 13.8 Å². The van der Waals surface area contributed by atoms with Gasteiger partial charge in [-0.1, -0.05) is 11.6 Å². The number of halogens is 1. The number of rotatable bonds is 5. The lowest BCUT2D eigenvalue weighted by molar-refractivity contribution is 0.219. The molecule has 4 aromatic heterocycles. The first-order valence-electron chi connectivity index (χ1n) is 11.2. The van der Waals surface area contributed by atoms with E-state index in [-0.39, 0.29) is 16.3 Å². The summed E-state index contributed by atoms with van der Waals surface area (Å²) in [5.74, 6) is 0.242. The van der Waals surface area contributed by atoms with Crippen molar-refractivity contribution in [3.05, 3.63) is 74.7 Å². The predicted octanol–water partition coefficient (Wildman–Crippen LogP) is 4.19. The maximum atomic E-state index is 13.4. The number of pyridine rings is 2. The molecule has 0 spiro atoms. The fourth-order valence-electron chi connectivity index (χ4n) is 4.22. The van der Waals surface area contributed by atoms with E-state index < -0.39 is 21.2 Å². The van der Waals surface area contributed by atoms with Crippen molar-refractivity contribution in [3.8, 4) is 17.2 Å². The second kappa shape index (κ2) is 8.94. The van der Waals surface area contributed by atoms with Gasteiger partial charge in [-0.3, -0.25) is 9.48 Å². The van der Waals surface area contributed by atoms with Crippen LogP contribution in [0.15, 0.2) is 56.8 Å². The number of hydrogen-bond acceptors (Lipinski definition) is 8. The number of primary sulfonamides is 1. The smallest absolute Gasteiger partial charge is 0.259 e. The summed E-state index contributed by atoms with van der Waals surface area (Å²) in [6, 6.07) is 9.89. The van der Waals surface area contributed by atoms with Crippen molar-refractivity contribution in [2.75, 3.05) is 0 Å². The van der Waals surface area contributed by atoms with Crippen molar-refractivity contribution in [1.82, 2.24) is 19.7 Å². The molecular formula is C25H22ClN5O5S. The van der Waals surface area contributed by atoms with Crippen molar-refractivity contribution in [3.63, 3.8) is 0 Å². The molecule has 0 fully saturated rings. The van der Waals surface area contributed by atoms with E-state index in [4.69, 9.17) is 25.9 Å². The fraction of sp³-hybridized carbons (Fsp3) is 0.200. The lowest BCUT2D eigenvalue weighted by Crippen LogP contribution is -2.17. The normalized spacial score (nSPS) is 12.8. The monoisotopic (exact) mass is 539 g/mol. The zero-order chi connectivity index (χ0) is 26.6. The van der Waals surface area contributed by atoms with E-state index in [2.05, 4.69) is 15.1 Å². The van der Waals surface area contributed by atoms with Gasteiger partial charge in [0.2, 0.25) is 5.03 Å². The highest BCUT2D eigenvalue weighted by Gasteiger charge is 2.24. The Morgan fingerprint density at radius 1 is 1.11 bits per heavy atom. The van der Waals surface area contributed by atoms with Crippen molar-refractivity contribution in [2.45, 2.75) is 31.9 Å². The molecule has 37 heavy (non-hydrogen) atoms. The molecule has 0 saturated carbocycles. The SMILES string of the molecule is Cc1cc(C(C)Oc2ccc(Cl)nc2S(N)(=O)=O)c2oc(-c3ccc4nn(C)cc4n3)c(C)c(=O)c2c1. The molecular weight excluding hydrogens is 518 g/mol. The Kier molecular flexibility index (Phi) is 6.01.